The van der Waals surface area contributed by atoms with Gasteiger partial charge in [-0.15, -0.1) is 0 Å². The minimum Gasteiger partial charge on any atom is -0.488 e. The first-order chi connectivity index (χ1) is 12.0. The van der Waals surface area contributed by atoms with E-state index < -0.39 is 6.10 Å². The molecule has 1 saturated carbocycles. The number of aromatic nitrogens is 2. The van der Waals surface area contributed by atoms with Gasteiger partial charge in [0.25, 0.3) is 0 Å². The number of benzene rings is 1. The SMILES string of the molecule is Cc1cccc(O[C@@H]2CCC[C@H](NCCn3nc(C)cc3C)[C@H]2O)c1. The summed E-state index contributed by atoms with van der Waals surface area (Å²) in [5.74, 6) is 0.840. The first-order valence-electron chi connectivity index (χ1n) is 9.19. The van der Waals surface area contributed by atoms with Crippen molar-refractivity contribution < 1.29 is 9.84 Å². The fourth-order valence-electron chi connectivity index (χ4n) is 3.61. The zero-order valence-electron chi connectivity index (χ0n) is 15.4. The van der Waals surface area contributed by atoms with E-state index in [0.717, 1.165) is 43.8 Å². The van der Waals surface area contributed by atoms with Crippen LogP contribution in [0.1, 0.15) is 36.2 Å². The molecule has 136 valence electrons. The van der Waals surface area contributed by atoms with E-state index in [1.807, 2.05) is 42.8 Å². The highest BCUT2D eigenvalue weighted by atomic mass is 16.5. The number of nitrogens with one attached hydrogen (secondary N) is 1. The van der Waals surface area contributed by atoms with Gasteiger partial charge in [-0.3, -0.25) is 4.68 Å². The Kier molecular flexibility index (Phi) is 5.76. The van der Waals surface area contributed by atoms with E-state index >= 15 is 0 Å². The zero-order valence-corrected chi connectivity index (χ0v) is 15.4. The van der Waals surface area contributed by atoms with Crippen LogP contribution in [-0.4, -0.2) is 39.7 Å². The van der Waals surface area contributed by atoms with Crippen LogP contribution in [0.5, 0.6) is 5.75 Å². The third-order valence-electron chi connectivity index (χ3n) is 4.91. The highest BCUT2D eigenvalue weighted by molar-refractivity contribution is 5.27. The maximum absolute atomic E-state index is 10.7. The average molecular weight is 343 g/mol. The largest absolute Gasteiger partial charge is 0.488 e. The Bertz CT molecular complexity index is 698. The molecule has 0 spiro atoms. The molecule has 1 aromatic heterocycles. The van der Waals surface area contributed by atoms with Gasteiger partial charge in [0, 0.05) is 18.3 Å². The maximum atomic E-state index is 10.7. The van der Waals surface area contributed by atoms with Crippen molar-refractivity contribution in [1.29, 1.82) is 0 Å². The third-order valence-corrected chi connectivity index (χ3v) is 4.91. The Morgan fingerprint density at radius 1 is 1.24 bits per heavy atom. The molecule has 0 amide bonds. The van der Waals surface area contributed by atoms with Crippen molar-refractivity contribution in [1.82, 2.24) is 15.1 Å². The fraction of sp³-hybridized carbons (Fsp3) is 0.550. The average Bonchev–Trinajstić information content (AvgIpc) is 2.89. The van der Waals surface area contributed by atoms with Crippen LogP contribution >= 0.6 is 0 Å². The van der Waals surface area contributed by atoms with Crippen LogP contribution in [-0.2, 0) is 6.54 Å². The summed E-state index contributed by atoms with van der Waals surface area (Å²) in [6, 6.07) is 10.2. The Labute approximate surface area is 150 Å². The molecule has 0 bridgehead atoms. The molecule has 5 heteroatoms. The summed E-state index contributed by atoms with van der Waals surface area (Å²) in [4.78, 5) is 0. The molecule has 1 fully saturated rings. The molecule has 0 saturated heterocycles. The Morgan fingerprint density at radius 2 is 2.08 bits per heavy atom. The molecule has 5 nitrogen and oxygen atoms in total. The smallest absolute Gasteiger partial charge is 0.126 e. The van der Waals surface area contributed by atoms with Crippen LogP contribution in [0.3, 0.4) is 0 Å². The van der Waals surface area contributed by atoms with Gasteiger partial charge in [0.2, 0.25) is 0 Å². The standard InChI is InChI=1S/C20H29N3O2/c1-14-6-4-7-17(12-14)25-19-9-5-8-18(20(19)24)21-10-11-23-16(3)13-15(2)22-23/h4,6-7,12-13,18-21,24H,5,8-11H2,1-3H3/t18-,19+,20+/m0/s1. The van der Waals surface area contributed by atoms with Gasteiger partial charge in [-0.2, -0.15) is 5.10 Å². The van der Waals surface area contributed by atoms with Crippen molar-refractivity contribution in [2.45, 2.75) is 64.8 Å². The molecule has 3 rings (SSSR count). The van der Waals surface area contributed by atoms with E-state index in [0.29, 0.717) is 0 Å². The first kappa shape index (κ1) is 18.0. The number of aryl methyl sites for hydroxylation is 3. The molecule has 0 radical (unpaired) electrons. The second-order valence-corrected chi connectivity index (χ2v) is 7.11. The minimum absolute atomic E-state index is 0.0699. The predicted molar refractivity (Wildman–Crippen MR) is 98.9 cm³/mol. The molecule has 25 heavy (non-hydrogen) atoms. The number of aliphatic hydroxyl groups is 1. The van der Waals surface area contributed by atoms with Gasteiger partial charge < -0.3 is 15.2 Å². The number of rotatable bonds is 6. The summed E-state index contributed by atoms with van der Waals surface area (Å²) < 4.78 is 8.07. The first-order valence-corrected chi connectivity index (χ1v) is 9.19. The summed E-state index contributed by atoms with van der Waals surface area (Å²) in [7, 11) is 0. The lowest BCUT2D eigenvalue weighted by atomic mass is 9.90. The molecule has 2 N–H and O–H groups in total. The van der Waals surface area contributed by atoms with Gasteiger partial charge in [0.15, 0.2) is 0 Å². The van der Waals surface area contributed by atoms with E-state index in [-0.39, 0.29) is 12.1 Å². The van der Waals surface area contributed by atoms with Crippen molar-refractivity contribution in [3.05, 3.63) is 47.3 Å². The normalized spacial score (nSPS) is 23.6. The lowest BCUT2D eigenvalue weighted by Crippen LogP contribution is -2.51. The Morgan fingerprint density at radius 3 is 2.80 bits per heavy atom. The van der Waals surface area contributed by atoms with Gasteiger partial charge in [0.1, 0.15) is 18.0 Å². The number of ether oxygens (including phenoxy) is 1. The van der Waals surface area contributed by atoms with Gasteiger partial charge in [-0.1, -0.05) is 12.1 Å². The second kappa shape index (κ2) is 8.02. The molecule has 1 heterocycles. The van der Waals surface area contributed by atoms with Gasteiger partial charge in [-0.05, 0) is 63.8 Å². The second-order valence-electron chi connectivity index (χ2n) is 7.11. The summed E-state index contributed by atoms with van der Waals surface area (Å²) in [5, 5.41) is 18.7. The number of nitrogens with zero attached hydrogens (tertiary/aromatic N) is 2. The van der Waals surface area contributed by atoms with Crippen LogP contribution < -0.4 is 10.1 Å². The van der Waals surface area contributed by atoms with Crippen molar-refractivity contribution >= 4 is 0 Å². The fourth-order valence-corrected chi connectivity index (χ4v) is 3.61. The van der Waals surface area contributed by atoms with Crippen molar-refractivity contribution in [2.24, 2.45) is 0 Å². The number of aliphatic hydroxyl groups excluding tert-OH is 1. The molecule has 1 aromatic carbocycles. The van der Waals surface area contributed by atoms with Crippen LogP contribution in [0.25, 0.3) is 0 Å². The van der Waals surface area contributed by atoms with Crippen molar-refractivity contribution in [2.75, 3.05) is 6.54 Å². The topological polar surface area (TPSA) is 59.3 Å². The molecule has 3 atom stereocenters. The van der Waals surface area contributed by atoms with Crippen LogP contribution in [0, 0.1) is 20.8 Å². The lowest BCUT2D eigenvalue weighted by molar-refractivity contribution is -0.0154. The predicted octanol–water partition coefficient (Wildman–Crippen LogP) is 2.76. The molecule has 0 unspecified atom stereocenters. The highest BCUT2D eigenvalue weighted by Crippen LogP contribution is 2.25. The van der Waals surface area contributed by atoms with Crippen molar-refractivity contribution in [3.63, 3.8) is 0 Å². The maximum Gasteiger partial charge on any atom is 0.126 e. The summed E-state index contributed by atoms with van der Waals surface area (Å²) in [6.45, 7) is 7.73. The zero-order chi connectivity index (χ0) is 17.8. The van der Waals surface area contributed by atoms with E-state index in [1.165, 1.54) is 11.3 Å². The lowest BCUT2D eigenvalue weighted by Gasteiger charge is -2.35. The highest BCUT2D eigenvalue weighted by Gasteiger charge is 2.33. The minimum atomic E-state index is -0.491. The quantitative estimate of drug-likeness (QED) is 0.847. The van der Waals surface area contributed by atoms with E-state index in [1.54, 1.807) is 0 Å². The van der Waals surface area contributed by atoms with Crippen LogP contribution in [0.4, 0.5) is 0 Å². The number of hydrogen-bond acceptors (Lipinski definition) is 4. The molecule has 1 aliphatic rings. The summed E-state index contributed by atoms with van der Waals surface area (Å²) in [5.41, 5.74) is 3.38. The Balaban J connectivity index is 1.53. The van der Waals surface area contributed by atoms with Crippen molar-refractivity contribution in [3.8, 4) is 5.75 Å². The van der Waals surface area contributed by atoms with Gasteiger partial charge in [-0.25, -0.2) is 0 Å². The third kappa shape index (κ3) is 4.61. The molecular formula is C20H29N3O2. The van der Waals surface area contributed by atoms with Gasteiger partial charge in [0.05, 0.1) is 12.2 Å². The van der Waals surface area contributed by atoms with E-state index in [4.69, 9.17) is 4.74 Å². The molecule has 0 aliphatic heterocycles. The van der Waals surface area contributed by atoms with E-state index in [2.05, 4.69) is 23.4 Å². The monoisotopic (exact) mass is 343 g/mol. The number of hydrogen-bond donors (Lipinski definition) is 2. The van der Waals surface area contributed by atoms with Crippen LogP contribution in [0.15, 0.2) is 30.3 Å². The Hall–Kier alpha value is -1.85. The van der Waals surface area contributed by atoms with Crippen LogP contribution in [0.2, 0.25) is 0 Å². The summed E-state index contributed by atoms with van der Waals surface area (Å²) >= 11 is 0. The van der Waals surface area contributed by atoms with Gasteiger partial charge >= 0.3 is 0 Å². The molecule has 2 aromatic rings. The van der Waals surface area contributed by atoms with E-state index in [9.17, 15) is 5.11 Å². The molecular weight excluding hydrogens is 314 g/mol. The summed E-state index contributed by atoms with van der Waals surface area (Å²) in [6.07, 6.45) is 2.29. The molecule has 1 aliphatic carbocycles.